The molecule has 0 unspecified atom stereocenters. The summed E-state index contributed by atoms with van der Waals surface area (Å²) >= 11 is 0. The fourth-order valence-corrected chi connectivity index (χ4v) is 4.31. The number of carbonyl (C=O) groups is 3. The van der Waals surface area contributed by atoms with Gasteiger partial charge in [0.25, 0.3) is 11.8 Å². The second-order valence-electron chi connectivity index (χ2n) is 9.39. The molecule has 4 rings (SSSR count). The lowest BCUT2D eigenvalue weighted by molar-refractivity contribution is -0.150. The highest BCUT2D eigenvalue weighted by Crippen LogP contribution is 2.31. The van der Waals surface area contributed by atoms with Crippen LogP contribution < -0.4 is 16.0 Å². The zero-order valence-corrected chi connectivity index (χ0v) is 22.1. The Morgan fingerprint density at radius 2 is 1.95 bits per heavy atom. The van der Waals surface area contributed by atoms with Gasteiger partial charge in [-0.25, -0.2) is 14.2 Å². The fourth-order valence-electron chi connectivity index (χ4n) is 4.31. The molecular weight excluding hydrogens is 552 g/mol. The number of urea groups is 1. The van der Waals surface area contributed by atoms with Gasteiger partial charge in [0.05, 0.1) is 19.2 Å². The van der Waals surface area contributed by atoms with E-state index in [1.54, 1.807) is 6.92 Å². The topological polar surface area (TPSA) is 139 Å². The number of anilines is 1. The molecule has 0 spiro atoms. The second kappa shape index (κ2) is 11.9. The summed E-state index contributed by atoms with van der Waals surface area (Å²) < 4.78 is 63.6. The third-order valence-corrected chi connectivity index (χ3v) is 6.47. The maximum atomic E-state index is 14.0. The van der Waals surface area contributed by atoms with E-state index >= 15 is 0 Å². The van der Waals surface area contributed by atoms with Crippen molar-refractivity contribution in [2.45, 2.75) is 38.1 Å². The number of hydrogen-bond acceptors (Lipinski definition) is 7. The minimum absolute atomic E-state index is 0.0173. The summed E-state index contributed by atoms with van der Waals surface area (Å²) in [7, 11) is 1.33. The Kier molecular flexibility index (Phi) is 8.56. The van der Waals surface area contributed by atoms with Gasteiger partial charge in [0.1, 0.15) is 30.0 Å². The van der Waals surface area contributed by atoms with E-state index in [1.165, 1.54) is 50.8 Å². The van der Waals surface area contributed by atoms with E-state index in [2.05, 4.69) is 20.8 Å². The van der Waals surface area contributed by atoms with Crippen molar-refractivity contribution in [2.24, 2.45) is 0 Å². The molecule has 2 aromatic heterocycles. The van der Waals surface area contributed by atoms with Crippen LogP contribution in [0.1, 0.15) is 44.8 Å². The first-order valence-corrected chi connectivity index (χ1v) is 12.3. The average molecular weight is 579 g/mol. The van der Waals surface area contributed by atoms with Gasteiger partial charge in [-0.3, -0.25) is 9.59 Å². The first-order valence-electron chi connectivity index (χ1n) is 12.3. The number of aromatic nitrogens is 2. The molecule has 1 fully saturated rings. The van der Waals surface area contributed by atoms with Gasteiger partial charge >= 0.3 is 12.2 Å². The molecule has 3 atom stereocenters. The number of methoxy groups -OCH3 is 1. The maximum absolute atomic E-state index is 14.0. The number of rotatable bonds is 9. The summed E-state index contributed by atoms with van der Waals surface area (Å²) in [6.45, 7) is 2.31. The van der Waals surface area contributed by atoms with Gasteiger partial charge in [-0.1, -0.05) is 17.3 Å². The number of hydrogen-bond donors (Lipinski definition) is 3. The molecule has 3 aromatic rings. The van der Waals surface area contributed by atoms with E-state index < -0.39 is 54.5 Å². The molecule has 1 aliphatic heterocycles. The number of halogens is 4. The van der Waals surface area contributed by atoms with Gasteiger partial charge in [-0.05, 0) is 48.7 Å². The van der Waals surface area contributed by atoms with Crippen LogP contribution in [-0.4, -0.2) is 65.4 Å². The first kappa shape index (κ1) is 29.5. The molecule has 0 saturated carbocycles. The molecule has 1 saturated heterocycles. The lowest BCUT2D eigenvalue weighted by Crippen LogP contribution is -2.40. The quantitative estimate of drug-likeness (QED) is 0.330. The molecule has 0 bridgehead atoms. The first-order chi connectivity index (χ1) is 19.4. The monoisotopic (exact) mass is 578 g/mol. The Morgan fingerprint density at radius 3 is 2.56 bits per heavy atom. The number of aryl methyl sites for hydroxylation is 2. The third kappa shape index (κ3) is 6.62. The molecule has 0 aliphatic carbocycles. The van der Waals surface area contributed by atoms with E-state index in [1.807, 2.05) is 5.32 Å². The van der Waals surface area contributed by atoms with Crippen molar-refractivity contribution in [3.05, 3.63) is 76.6 Å². The molecule has 3 N–H and O–H groups in total. The number of carbonyl (C=O) groups excluding carboxylic acids is 3. The van der Waals surface area contributed by atoms with Crippen LogP contribution in [0.4, 0.5) is 28.2 Å². The Hall–Kier alpha value is -4.53. The number of nitrogens with one attached hydrogen (secondary N) is 3. The lowest BCUT2D eigenvalue weighted by atomic mass is 10.0. The van der Waals surface area contributed by atoms with Gasteiger partial charge in [0, 0.05) is 18.9 Å². The Labute approximate surface area is 231 Å². The van der Waals surface area contributed by atoms with Crippen molar-refractivity contribution in [3.63, 3.8) is 0 Å². The number of pyridine rings is 1. The van der Waals surface area contributed by atoms with Gasteiger partial charge in [-0.2, -0.15) is 13.2 Å². The van der Waals surface area contributed by atoms with Gasteiger partial charge in [0.2, 0.25) is 0 Å². The number of ether oxygens (including phenoxy) is 1. The highest BCUT2D eigenvalue weighted by Gasteiger charge is 2.48. The van der Waals surface area contributed by atoms with E-state index in [4.69, 9.17) is 9.26 Å². The van der Waals surface area contributed by atoms with Crippen molar-refractivity contribution in [2.75, 3.05) is 25.6 Å². The van der Waals surface area contributed by atoms with E-state index in [0.717, 1.165) is 11.0 Å². The molecule has 41 heavy (non-hydrogen) atoms. The molecule has 218 valence electrons. The SMILES string of the molecule is COC[C@H](c1ccnc(NC(=O)[C@@H](NC(=O)c2nocc2C)c2ccc(F)c(C)c2)c1)N1C[C@@H](C(F)(F)F)NC1=O. The Morgan fingerprint density at radius 1 is 1.20 bits per heavy atom. The third-order valence-electron chi connectivity index (χ3n) is 6.47. The highest BCUT2D eigenvalue weighted by atomic mass is 19.4. The second-order valence-corrected chi connectivity index (χ2v) is 9.39. The van der Waals surface area contributed by atoms with Crippen LogP contribution in [0.25, 0.3) is 0 Å². The van der Waals surface area contributed by atoms with Crippen molar-refractivity contribution >= 4 is 23.7 Å². The molecule has 4 amide bonds. The van der Waals surface area contributed by atoms with Gasteiger partial charge in [0.15, 0.2) is 5.69 Å². The highest BCUT2D eigenvalue weighted by molar-refractivity contribution is 6.01. The normalized spacial score (nSPS) is 16.7. The fraction of sp³-hybridized carbons (Fsp3) is 0.346. The van der Waals surface area contributed by atoms with Crippen LogP contribution in [0.2, 0.25) is 0 Å². The summed E-state index contributed by atoms with van der Waals surface area (Å²) in [5.41, 5.74) is 1.21. The van der Waals surface area contributed by atoms with Crippen LogP contribution in [0.15, 0.2) is 47.3 Å². The average Bonchev–Trinajstić information content (AvgIpc) is 3.53. The minimum Gasteiger partial charge on any atom is -0.382 e. The van der Waals surface area contributed by atoms with Crippen LogP contribution >= 0.6 is 0 Å². The lowest BCUT2D eigenvalue weighted by Gasteiger charge is -2.27. The summed E-state index contributed by atoms with van der Waals surface area (Å²) in [4.78, 5) is 43.8. The standard InChI is InChI=1S/C26H26F4N6O5/c1-13-8-16(4-5-17(13)27)22(34-23(37)21-14(2)11-41-35-21)24(38)33-20-9-15(6-7-31-20)18(12-40-3)36-10-19(26(28,29)30)32-25(36)39/h4-9,11,18-19,22H,10,12H2,1-3H3,(H,32,39)(H,34,37)(H,31,33,38)/t18-,19+,22+/m1/s1. The number of nitrogens with zero attached hydrogens (tertiary/aromatic N) is 3. The van der Waals surface area contributed by atoms with Crippen LogP contribution in [0.3, 0.4) is 0 Å². The van der Waals surface area contributed by atoms with Gasteiger partial charge in [-0.15, -0.1) is 0 Å². The molecular formula is C26H26F4N6O5. The summed E-state index contributed by atoms with van der Waals surface area (Å²) in [6.07, 6.45) is -2.07. The molecule has 11 nitrogen and oxygen atoms in total. The van der Waals surface area contributed by atoms with E-state index in [9.17, 15) is 31.9 Å². The van der Waals surface area contributed by atoms with Crippen LogP contribution in [-0.2, 0) is 9.53 Å². The minimum atomic E-state index is -4.64. The zero-order valence-electron chi connectivity index (χ0n) is 22.1. The molecule has 1 aliphatic rings. The molecule has 1 aromatic carbocycles. The van der Waals surface area contributed by atoms with Crippen molar-refractivity contribution in [3.8, 4) is 0 Å². The predicted octanol–water partition coefficient (Wildman–Crippen LogP) is 3.58. The maximum Gasteiger partial charge on any atom is 0.410 e. The van der Waals surface area contributed by atoms with Crippen molar-refractivity contribution in [1.29, 1.82) is 0 Å². The van der Waals surface area contributed by atoms with E-state index in [0.29, 0.717) is 11.1 Å². The molecule has 0 radical (unpaired) electrons. The smallest absolute Gasteiger partial charge is 0.382 e. The summed E-state index contributed by atoms with van der Waals surface area (Å²) in [5.74, 6) is -2.01. The van der Waals surface area contributed by atoms with Gasteiger partial charge < -0.3 is 30.1 Å². The number of alkyl halides is 3. The number of amides is 4. The van der Waals surface area contributed by atoms with E-state index in [-0.39, 0.29) is 29.2 Å². The molecule has 3 heterocycles. The number of benzene rings is 1. The Balaban J connectivity index is 1.60. The van der Waals surface area contributed by atoms with Crippen molar-refractivity contribution < 1.29 is 41.2 Å². The van der Waals surface area contributed by atoms with Crippen molar-refractivity contribution in [1.82, 2.24) is 25.7 Å². The largest absolute Gasteiger partial charge is 0.410 e. The summed E-state index contributed by atoms with van der Waals surface area (Å²) in [6, 6.07) is 1.52. The van der Waals surface area contributed by atoms with Crippen LogP contribution in [0.5, 0.6) is 0 Å². The zero-order chi connectivity index (χ0) is 29.9. The molecule has 15 heteroatoms. The van der Waals surface area contributed by atoms with Crippen LogP contribution in [0, 0.1) is 19.7 Å². The Bertz CT molecular complexity index is 1450. The predicted molar refractivity (Wildman–Crippen MR) is 135 cm³/mol. The summed E-state index contributed by atoms with van der Waals surface area (Å²) in [5, 5.41) is 10.7.